The van der Waals surface area contributed by atoms with Gasteiger partial charge in [-0.1, -0.05) is 12.6 Å². The predicted molar refractivity (Wildman–Crippen MR) is 91.8 cm³/mol. The second-order valence-electron chi connectivity index (χ2n) is 6.52. The number of fused-ring (bicyclic) bond motifs is 1. The SMILES string of the molecule is C=Cc1ccc2c(n1)C(N1CCC(C)(OC)CC1)=C(C#N)C(=O)C2. The Kier molecular flexibility index (Phi) is 4.25. The third-order valence-electron chi connectivity index (χ3n) is 5.04. The molecular formula is C19H21N3O2. The fraction of sp³-hybridized carbons (Fsp3) is 0.421. The molecule has 1 aliphatic carbocycles. The van der Waals surface area contributed by atoms with E-state index in [1.54, 1.807) is 13.2 Å². The highest BCUT2D eigenvalue weighted by molar-refractivity contribution is 6.09. The molecule has 2 aliphatic rings. The van der Waals surface area contributed by atoms with Crippen molar-refractivity contribution in [2.45, 2.75) is 31.8 Å². The van der Waals surface area contributed by atoms with Gasteiger partial charge >= 0.3 is 0 Å². The van der Waals surface area contributed by atoms with Crippen molar-refractivity contribution in [1.29, 1.82) is 5.26 Å². The van der Waals surface area contributed by atoms with Gasteiger partial charge in [0.1, 0.15) is 11.6 Å². The summed E-state index contributed by atoms with van der Waals surface area (Å²) in [5.41, 5.74) is 3.10. The molecule has 124 valence electrons. The van der Waals surface area contributed by atoms with Crippen molar-refractivity contribution in [3.63, 3.8) is 0 Å². The van der Waals surface area contributed by atoms with E-state index in [2.05, 4.69) is 29.5 Å². The van der Waals surface area contributed by atoms with Gasteiger partial charge in [-0.2, -0.15) is 5.26 Å². The third kappa shape index (κ3) is 2.74. The van der Waals surface area contributed by atoms with Crippen LogP contribution in [0, 0.1) is 11.3 Å². The summed E-state index contributed by atoms with van der Waals surface area (Å²) < 4.78 is 5.59. The van der Waals surface area contributed by atoms with Crippen LogP contribution in [0.3, 0.4) is 0 Å². The number of piperidine rings is 1. The van der Waals surface area contributed by atoms with Crippen LogP contribution in [-0.2, 0) is 16.0 Å². The van der Waals surface area contributed by atoms with Gasteiger partial charge in [-0.3, -0.25) is 4.79 Å². The molecule has 0 N–H and O–H groups in total. The van der Waals surface area contributed by atoms with Crippen LogP contribution < -0.4 is 0 Å². The second kappa shape index (κ2) is 6.21. The summed E-state index contributed by atoms with van der Waals surface area (Å²) in [7, 11) is 1.73. The molecule has 0 unspecified atom stereocenters. The topological polar surface area (TPSA) is 66.2 Å². The first-order chi connectivity index (χ1) is 11.5. The minimum Gasteiger partial charge on any atom is -0.378 e. The molecule has 0 bridgehead atoms. The van der Waals surface area contributed by atoms with E-state index in [-0.39, 0.29) is 23.4 Å². The first-order valence-electron chi connectivity index (χ1n) is 8.12. The summed E-state index contributed by atoms with van der Waals surface area (Å²) in [6.45, 7) is 7.32. The molecule has 5 heteroatoms. The van der Waals surface area contributed by atoms with E-state index in [9.17, 15) is 10.1 Å². The van der Waals surface area contributed by atoms with E-state index in [0.29, 0.717) is 5.70 Å². The van der Waals surface area contributed by atoms with Crippen LogP contribution in [0.4, 0.5) is 0 Å². The molecule has 0 radical (unpaired) electrons. The quantitative estimate of drug-likeness (QED) is 0.855. The van der Waals surface area contributed by atoms with Crippen molar-refractivity contribution in [2.24, 2.45) is 0 Å². The fourth-order valence-electron chi connectivity index (χ4n) is 3.31. The average Bonchev–Trinajstić information content (AvgIpc) is 2.61. The molecule has 5 nitrogen and oxygen atoms in total. The van der Waals surface area contributed by atoms with Crippen LogP contribution >= 0.6 is 0 Å². The standard InChI is InChI=1S/C19H21N3O2/c1-4-14-6-5-13-11-16(23)15(12-20)18(17(13)21-14)22-9-7-19(2,24-3)8-10-22/h4-6H,1,7-11H2,2-3H3. The van der Waals surface area contributed by atoms with Gasteiger partial charge in [0.15, 0.2) is 5.78 Å². The molecule has 1 fully saturated rings. The van der Waals surface area contributed by atoms with E-state index in [1.165, 1.54) is 0 Å². The number of carbonyl (C=O) groups is 1. The highest BCUT2D eigenvalue weighted by atomic mass is 16.5. The molecule has 0 aromatic carbocycles. The molecule has 3 rings (SSSR count). The van der Waals surface area contributed by atoms with Crippen molar-refractivity contribution in [2.75, 3.05) is 20.2 Å². The average molecular weight is 323 g/mol. The van der Waals surface area contributed by atoms with Crippen LogP contribution in [0.1, 0.15) is 36.7 Å². The number of pyridine rings is 1. The lowest BCUT2D eigenvalue weighted by Gasteiger charge is -2.41. The maximum atomic E-state index is 12.4. The summed E-state index contributed by atoms with van der Waals surface area (Å²) in [4.78, 5) is 19.1. The number of hydrogen-bond donors (Lipinski definition) is 0. The lowest BCUT2D eigenvalue weighted by Crippen LogP contribution is -2.44. The third-order valence-corrected chi connectivity index (χ3v) is 5.04. The molecule has 0 atom stereocenters. The summed E-state index contributed by atoms with van der Waals surface area (Å²) in [5, 5.41) is 9.54. The van der Waals surface area contributed by atoms with Crippen molar-refractivity contribution in [3.05, 3.63) is 41.2 Å². The lowest BCUT2D eigenvalue weighted by atomic mass is 9.88. The summed E-state index contributed by atoms with van der Waals surface area (Å²) in [6, 6.07) is 5.87. The van der Waals surface area contributed by atoms with Crippen LogP contribution in [0.5, 0.6) is 0 Å². The second-order valence-corrected chi connectivity index (χ2v) is 6.52. The van der Waals surface area contributed by atoms with Gasteiger partial charge in [-0.15, -0.1) is 0 Å². The Bertz CT molecular complexity index is 765. The van der Waals surface area contributed by atoms with Crippen molar-refractivity contribution >= 4 is 17.6 Å². The number of ether oxygens (including phenoxy) is 1. The van der Waals surface area contributed by atoms with Crippen molar-refractivity contribution in [3.8, 4) is 6.07 Å². The van der Waals surface area contributed by atoms with Gasteiger partial charge < -0.3 is 9.64 Å². The molecule has 1 aromatic heterocycles. The zero-order valence-corrected chi connectivity index (χ0v) is 14.1. The van der Waals surface area contributed by atoms with Crippen molar-refractivity contribution in [1.82, 2.24) is 9.88 Å². The first kappa shape index (κ1) is 16.4. The lowest BCUT2D eigenvalue weighted by molar-refractivity contribution is -0.114. The molecule has 1 saturated heterocycles. The Morgan fingerprint density at radius 1 is 1.42 bits per heavy atom. The maximum Gasteiger partial charge on any atom is 0.180 e. The number of allylic oxidation sites excluding steroid dienone is 1. The van der Waals surface area contributed by atoms with Crippen LogP contribution in [0.15, 0.2) is 24.3 Å². The Morgan fingerprint density at radius 2 is 2.12 bits per heavy atom. The Morgan fingerprint density at radius 3 is 2.71 bits per heavy atom. The van der Waals surface area contributed by atoms with Crippen LogP contribution in [0.2, 0.25) is 0 Å². The molecular weight excluding hydrogens is 302 g/mol. The zero-order chi connectivity index (χ0) is 17.3. The monoisotopic (exact) mass is 323 g/mol. The molecule has 2 heterocycles. The summed E-state index contributed by atoms with van der Waals surface area (Å²) in [6.07, 6.45) is 3.60. The smallest absolute Gasteiger partial charge is 0.180 e. The fourth-order valence-corrected chi connectivity index (χ4v) is 3.31. The molecule has 0 saturated carbocycles. The van der Waals surface area contributed by atoms with Gasteiger partial charge in [-0.25, -0.2) is 4.98 Å². The van der Waals surface area contributed by atoms with Gasteiger partial charge in [0.2, 0.25) is 0 Å². The van der Waals surface area contributed by atoms with E-state index in [0.717, 1.165) is 42.9 Å². The number of aromatic nitrogens is 1. The molecule has 1 aromatic rings. The first-order valence-corrected chi connectivity index (χ1v) is 8.12. The number of carbonyl (C=O) groups excluding carboxylic acids is 1. The number of Topliss-reactive ketones (excluding diaryl/α,β-unsaturated/α-hetero) is 1. The Balaban J connectivity index is 2.05. The van der Waals surface area contributed by atoms with Crippen molar-refractivity contribution < 1.29 is 9.53 Å². The Labute approximate surface area is 142 Å². The van der Waals surface area contributed by atoms with Gasteiger partial charge in [0.05, 0.1) is 22.7 Å². The molecule has 0 amide bonds. The van der Waals surface area contributed by atoms with E-state index < -0.39 is 0 Å². The number of rotatable bonds is 3. The van der Waals surface area contributed by atoms with Gasteiger partial charge in [0.25, 0.3) is 0 Å². The number of nitrogens with zero attached hydrogens (tertiary/aromatic N) is 3. The van der Waals surface area contributed by atoms with Gasteiger partial charge in [0, 0.05) is 26.6 Å². The normalized spacial score (nSPS) is 19.7. The van der Waals surface area contributed by atoms with Gasteiger partial charge in [-0.05, 0) is 37.5 Å². The molecule has 1 aliphatic heterocycles. The number of ketones is 1. The zero-order valence-electron chi connectivity index (χ0n) is 14.1. The minimum atomic E-state index is -0.151. The summed E-state index contributed by atoms with van der Waals surface area (Å²) >= 11 is 0. The Hall–Kier alpha value is -2.45. The predicted octanol–water partition coefficient (Wildman–Crippen LogP) is 2.59. The minimum absolute atomic E-state index is 0.131. The highest BCUT2D eigenvalue weighted by Crippen LogP contribution is 2.35. The number of likely N-dealkylation sites (tertiary alicyclic amines) is 1. The van der Waals surface area contributed by atoms with E-state index in [4.69, 9.17) is 4.74 Å². The van der Waals surface area contributed by atoms with E-state index >= 15 is 0 Å². The van der Waals surface area contributed by atoms with Crippen LogP contribution in [-0.4, -0.2) is 41.5 Å². The van der Waals surface area contributed by atoms with E-state index in [1.807, 2.05) is 12.1 Å². The summed E-state index contributed by atoms with van der Waals surface area (Å²) in [5.74, 6) is -0.131. The molecule has 24 heavy (non-hydrogen) atoms. The maximum absolute atomic E-state index is 12.4. The highest BCUT2D eigenvalue weighted by Gasteiger charge is 2.35. The number of nitriles is 1. The molecule has 0 spiro atoms. The van der Waals surface area contributed by atoms with Crippen LogP contribution in [0.25, 0.3) is 11.8 Å². The largest absolute Gasteiger partial charge is 0.378 e. The number of hydrogen-bond acceptors (Lipinski definition) is 5. The number of methoxy groups -OCH3 is 1.